The number of amides is 1. The van der Waals surface area contributed by atoms with Crippen molar-refractivity contribution in [1.29, 1.82) is 5.26 Å². The van der Waals surface area contributed by atoms with Gasteiger partial charge in [-0.3, -0.25) is 9.36 Å². The van der Waals surface area contributed by atoms with Gasteiger partial charge in [-0.15, -0.1) is 10.2 Å². The van der Waals surface area contributed by atoms with E-state index in [0.717, 1.165) is 30.0 Å². The number of hydrogen-bond acceptors (Lipinski definition) is 6. The van der Waals surface area contributed by atoms with Gasteiger partial charge in [-0.1, -0.05) is 11.8 Å². The number of carbonyl (C=O) groups is 1. The van der Waals surface area contributed by atoms with Crippen molar-refractivity contribution >= 4 is 17.7 Å². The van der Waals surface area contributed by atoms with Gasteiger partial charge in [0.05, 0.1) is 18.9 Å². The fourth-order valence-corrected chi connectivity index (χ4v) is 3.98. The lowest BCUT2D eigenvalue weighted by Crippen LogP contribution is -2.47. The van der Waals surface area contributed by atoms with Gasteiger partial charge in [-0.25, -0.2) is 0 Å². The molecule has 1 aliphatic rings. The summed E-state index contributed by atoms with van der Waals surface area (Å²) in [4.78, 5) is 12.4. The smallest absolute Gasteiger partial charge is 0.231 e. The first-order valence-corrected chi connectivity index (χ1v) is 10.3. The molecule has 0 unspecified atom stereocenters. The minimum absolute atomic E-state index is 0.133. The summed E-state index contributed by atoms with van der Waals surface area (Å²) in [6, 6.07) is 10.0. The Kier molecular flexibility index (Phi) is 5.94. The van der Waals surface area contributed by atoms with Crippen molar-refractivity contribution in [2.45, 2.75) is 50.4 Å². The number of benzene rings is 1. The van der Waals surface area contributed by atoms with Crippen LogP contribution in [0.1, 0.15) is 39.7 Å². The van der Waals surface area contributed by atoms with Gasteiger partial charge in [-0.05, 0) is 63.8 Å². The first-order chi connectivity index (χ1) is 13.4. The van der Waals surface area contributed by atoms with Crippen LogP contribution in [-0.2, 0) is 4.79 Å². The van der Waals surface area contributed by atoms with E-state index in [1.807, 2.05) is 28.8 Å². The summed E-state index contributed by atoms with van der Waals surface area (Å²) in [7, 11) is 1.63. The third-order valence-corrected chi connectivity index (χ3v) is 5.83. The minimum Gasteiger partial charge on any atom is -0.497 e. The summed E-state index contributed by atoms with van der Waals surface area (Å²) >= 11 is 1.33. The average Bonchev–Trinajstić information content (AvgIpc) is 3.46. The molecule has 0 saturated heterocycles. The van der Waals surface area contributed by atoms with E-state index in [4.69, 9.17) is 4.74 Å². The molecule has 1 saturated carbocycles. The van der Waals surface area contributed by atoms with Gasteiger partial charge in [0, 0.05) is 11.6 Å². The Morgan fingerprint density at radius 2 is 2.07 bits per heavy atom. The number of nitrogens with one attached hydrogen (secondary N) is 1. The third-order valence-electron chi connectivity index (χ3n) is 4.89. The van der Waals surface area contributed by atoms with Crippen LogP contribution in [0.15, 0.2) is 29.4 Å². The van der Waals surface area contributed by atoms with Crippen LogP contribution in [0.4, 0.5) is 0 Å². The topological polar surface area (TPSA) is 92.8 Å². The summed E-state index contributed by atoms with van der Waals surface area (Å²) in [5.74, 6) is 1.82. The normalized spacial score (nSPS) is 15.7. The summed E-state index contributed by atoms with van der Waals surface area (Å²) < 4.78 is 7.23. The number of thioether (sulfide) groups is 1. The Morgan fingerprint density at radius 1 is 1.39 bits per heavy atom. The molecule has 1 atom stereocenters. The van der Waals surface area contributed by atoms with Crippen LogP contribution >= 0.6 is 11.8 Å². The molecule has 0 bridgehead atoms. The van der Waals surface area contributed by atoms with E-state index >= 15 is 0 Å². The highest BCUT2D eigenvalue weighted by Crippen LogP contribution is 2.39. The lowest BCUT2D eigenvalue weighted by atomic mass is 9.98. The van der Waals surface area contributed by atoms with Crippen molar-refractivity contribution in [3.8, 4) is 23.2 Å². The molecule has 1 N–H and O–H groups in total. The molecular formula is C20H25N5O2S. The molecular weight excluding hydrogens is 374 g/mol. The fraction of sp³-hybridized carbons (Fsp3) is 0.500. The Balaban J connectivity index is 1.72. The molecule has 28 heavy (non-hydrogen) atoms. The van der Waals surface area contributed by atoms with Crippen LogP contribution in [-0.4, -0.2) is 39.1 Å². The minimum atomic E-state index is -0.780. The number of hydrogen-bond donors (Lipinski definition) is 1. The lowest BCUT2D eigenvalue weighted by molar-refractivity contribution is -0.119. The van der Waals surface area contributed by atoms with Crippen molar-refractivity contribution in [2.24, 2.45) is 5.92 Å². The van der Waals surface area contributed by atoms with Crippen molar-refractivity contribution in [3.63, 3.8) is 0 Å². The molecule has 1 fully saturated rings. The monoisotopic (exact) mass is 399 g/mol. The zero-order valence-corrected chi connectivity index (χ0v) is 17.4. The Bertz CT molecular complexity index is 883. The third kappa shape index (κ3) is 4.30. The number of nitriles is 1. The average molecular weight is 400 g/mol. The molecule has 0 radical (unpaired) electrons. The molecule has 1 heterocycles. The molecule has 1 aromatic heterocycles. The van der Waals surface area contributed by atoms with Crippen molar-refractivity contribution in [2.75, 3.05) is 12.9 Å². The van der Waals surface area contributed by atoms with Crippen LogP contribution in [0.5, 0.6) is 5.75 Å². The number of methoxy groups -OCH3 is 1. The zero-order valence-electron chi connectivity index (χ0n) is 16.6. The number of nitrogens with zero attached hydrogens (tertiary/aromatic N) is 4. The van der Waals surface area contributed by atoms with E-state index in [2.05, 4.69) is 35.4 Å². The Labute approximate surface area is 169 Å². The highest BCUT2D eigenvalue weighted by Gasteiger charge is 2.43. The number of carbonyl (C=O) groups excluding carboxylic acids is 1. The van der Waals surface area contributed by atoms with E-state index in [-0.39, 0.29) is 23.6 Å². The van der Waals surface area contributed by atoms with Crippen LogP contribution in [0, 0.1) is 17.2 Å². The molecule has 8 heteroatoms. The number of aromatic nitrogens is 3. The predicted molar refractivity (Wildman–Crippen MR) is 108 cm³/mol. The van der Waals surface area contributed by atoms with Gasteiger partial charge >= 0.3 is 0 Å². The molecule has 1 aromatic carbocycles. The van der Waals surface area contributed by atoms with Crippen molar-refractivity contribution < 1.29 is 9.53 Å². The van der Waals surface area contributed by atoms with Gasteiger partial charge in [0.25, 0.3) is 0 Å². The van der Waals surface area contributed by atoms with Gasteiger partial charge in [-0.2, -0.15) is 5.26 Å². The highest BCUT2D eigenvalue weighted by atomic mass is 32.2. The van der Waals surface area contributed by atoms with Gasteiger partial charge < -0.3 is 10.1 Å². The van der Waals surface area contributed by atoms with Crippen molar-refractivity contribution in [1.82, 2.24) is 20.1 Å². The van der Waals surface area contributed by atoms with E-state index < -0.39 is 5.54 Å². The number of ether oxygens (including phenoxy) is 1. The van der Waals surface area contributed by atoms with E-state index in [0.29, 0.717) is 5.16 Å². The standard InChI is InChI=1S/C20H25N5O2S/c1-13(2)25-18(14-5-9-16(27-4)10-6-14)23-24-19(25)28-11-17(26)22-20(3,12-21)15-7-8-15/h5-6,9-10,13,15H,7-8,11H2,1-4H3,(H,22,26)/t20-/m0/s1. The predicted octanol–water partition coefficient (Wildman–Crippen LogP) is 3.44. The first-order valence-electron chi connectivity index (χ1n) is 9.32. The van der Waals surface area contributed by atoms with Gasteiger partial charge in [0.1, 0.15) is 11.3 Å². The Morgan fingerprint density at radius 3 is 2.61 bits per heavy atom. The van der Waals surface area contributed by atoms with Crippen LogP contribution in [0.2, 0.25) is 0 Å². The summed E-state index contributed by atoms with van der Waals surface area (Å²) in [5.41, 5.74) is 0.154. The zero-order chi connectivity index (χ0) is 20.3. The second-order valence-electron chi connectivity index (χ2n) is 7.42. The molecule has 1 amide bonds. The molecule has 2 aromatic rings. The number of rotatable bonds is 8. The maximum absolute atomic E-state index is 12.4. The first kappa shape index (κ1) is 20.2. The maximum Gasteiger partial charge on any atom is 0.231 e. The summed E-state index contributed by atoms with van der Waals surface area (Å²) in [5, 5.41) is 21.6. The fourth-order valence-electron chi connectivity index (χ4n) is 3.12. The lowest BCUT2D eigenvalue weighted by Gasteiger charge is -2.22. The van der Waals surface area contributed by atoms with Crippen molar-refractivity contribution in [3.05, 3.63) is 24.3 Å². The molecule has 1 aliphatic carbocycles. The summed E-state index contributed by atoms with van der Waals surface area (Å²) in [6.07, 6.45) is 1.98. The SMILES string of the molecule is COc1ccc(-c2nnc(SCC(=O)N[C@@](C)(C#N)C3CC3)n2C(C)C)cc1. The Hall–Kier alpha value is -2.53. The van der Waals surface area contributed by atoms with Crippen LogP contribution in [0.3, 0.4) is 0 Å². The van der Waals surface area contributed by atoms with Crippen LogP contribution in [0.25, 0.3) is 11.4 Å². The maximum atomic E-state index is 12.4. The molecule has 0 aliphatic heterocycles. The van der Waals surface area contributed by atoms with E-state index in [9.17, 15) is 10.1 Å². The van der Waals surface area contributed by atoms with E-state index in [1.165, 1.54) is 11.8 Å². The van der Waals surface area contributed by atoms with Gasteiger partial charge in [0.15, 0.2) is 11.0 Å². The summed E-state index contributed by atoms with van der Waals surface area (Å²) in [6.45, 7) is 5.91. The highest BCUT2D eigenvalue weighted by molar-refractivity contribution is 7.99. The second kappa shape index (κ2) is 8.23. The molecule has 148 valence electrons. The molecule has 7 nitrogen and oxygen atoms in total. The largest absolute Gasteiger partial charge is 0.497 e. The van der Waals surface area contributed by atoms with E-state index in [1.54, 1.807) is 14.0 Å². The van der Waals surface area contributed by atoms with Gasteiger partial charge in [0.2, 0.25) is 5.91 Å². The second-order valence-corrected chi connectivity index (χ2v) is 8.37. The molecule has 3 rings (SSSR count). The molecule has 0 spiro atoms. The van der Waals surface area contributed by atoms with Crippen LogP contribution < -0.4 is 10.1 Å². The quantitative estimate of drug-likeness (QED) is 0.684.